The van der Waals surface area contributed by atoms with E-state index in [2.05, 4.69) is 15.4 Å². The number of nitrogens with zero attached hydrogens (tertiary/aromatic N) is 3. The summed E-state index contributed by atoms with van der Waals surface area (Å²) in [5.74, 6) is 0.0256. The predicted molar refractivity (Wildman–Crippen MR) is 92.7 cm³/mol. The number of carbonyl (C=O) groups excluding carboxylic acids is 1. The van der Waals surface area contributed by atoms with Crippen molar-refractivity contribution < 1.29 is 4.79 Å². The maximum Gasteiger partial charge on any atom is 0.220 e. The average molecular weight is 320 g/mol. The van der Waals surface area contributed by atoms with Crippen molar-refractivity contribution in [1.82, 2.24) is 20.1 Å². The molecule has 0 saturated heterocycles. The number of rotatable bonds is 6. The third-order valence-corrected chi connectivity index (χ3v) is 3.85. The highest BCUT2D eigenvalue weighted by molar-refractivity contribution is 5.76. The lowest BCUT2D eigenvalue weighted by atomic mass is 10.1. The predicted octanol–water partition coefficient (Wildman–Crippen LogP) is 3.08. The summed E-state index contributed by atoms with van der Waals surface area (Å²) in [6.45, 7) is 1.99. The molecule has 1 aromatic carbocycles. The molecule has 5 heteroatoms. The lowest BCUT2D eigenvalue weighted by Crippen LogP contribution is -2.27. The van der Waals surface area contributed by atoms with Gasteiger partial charge in [-0.15, -0.1) is 0 Å². The first-order chi connectivity index (χ1) is 11.7. The Bertz CT molecular complexity index is 784. The smallest absolute Gasteiger partial charge is 0.220 e. The minimum absolute atomic E-state index is 0.0256. The second-order valence-electron chi connectivity index (χ2n) is 5.66. The molecule has 0 unspecified atom stereocenters. The van der Waals surface area contributed by atoms with E-state index in [1.165, 1.54) is 0 Å². The van der Waals surface area contributed by atoms with E-state index < -0.39 is 0 Å². The lowest BCUT2D eigenvalue weighted by molar-refractivity contribution is -0.121. The van der Waals surface area contributed by atoms with Crippen LogP contribution in [0.4, 0.5) is 0 Å². The van der Waals surface area contributed by atoms with Crippen LogP contribution in [-0.2, 0) is 11.2 Å². The van der Waals surface area contributed by atoms with Gasteiger partial charge in [0.25, 0.3) is 0 Å². The van der Waals surface area contributed by atoms with Crippen molar-refractivity contribution in [3.05, 3.63) is 78.4 Å². The van der Waals surface area contributed by atoms with Crippen molar-refractivity contribution in [2.75, 3.05) is 0 Å². The molecule has 0 bridgehead atoms. The van der Waals surface area contributed by atoms with Gasteiger partial charge < -0.3 is 5.32 Å². The first-order valence-corrected chi connectivity index (χ1v) is 8.01. The molecule has 2 aromatic heterocycles. The van der Waals surface area contributed by atoms with E-state index in [4.69, 9.17) is 0 Å². The van der Waals surface area contributed by atoms with E-state index in [0.29, 0.717) is 12.8 Å². The third kappa shape index (κ3) is 4.07. The molecule has 3 rings (SSSR count). The highest BCUT2D eigenvalue weighted by Gasteiger charge is 2.11. The summed E-state index contributed by atoms with van der Waals surface area (Å²) in [6.07, 6.45) is 6.47. The highest BCUT2D eigenvalue weighted by atomic mass is 16.1. The minimum Gasteiger partial charge on any atom is -0.350 e. The summed E-state index contributed by atoms with van der Waals surface area (Å²) in [5, 5.41) is 7.28. The van der Waals surface area contributed by atoms with Crippen LogP contribution in [0.15, 0.2) is 67.1 Å². The standard InChI is InChI=1S/C19H20N4O/c1-15(22-19(24)10-9-17-7-2-3-11-20-17)16-6-4-8-18(14-16)23-13-5-12-21-23/h2-8,11-15H,9-10H2,1H3,(H,22,24)/t15-/m1/s1. The molecule has 1 atom stereocenters. The van der Waals surface area contributed by atoms with E-state index in [-0.39, 0.29) is 11.9 Å². The van der Waals surface area contributed by atoms with Gasteiger partial charge in [0.2, 0.25) is 5.91 Å². The Morgan fingerprint density at radius 2 is 2.08 bits per heavy atom. The molecular formula is C19H20N4O. The van der Waals surface area contributed by atoms with Crippen LogP contribution in [0.3, 0.4) is 0 Å². The Labute approximate surface area is 141 Å². The summed E-state index contributed by atoms with van der Waals surface area (Å²) >= 11 is 0. The van der Waals surface area contributed by atoms with Crippen LogP contribution >= 0.6 is 0 Å². The number of nitrogens with one attached hydrogen (secondary N) is 1. The van der Waals surface area contributed by atoms with E-state index in [9.17, 15) is 4.79 Å². The molecule has 1 amide bonds. The number of benzene rings is 1. The third-order valence-electron chi connectivity index (χ3n) is 3.85. The van der Waals surface area contributed by atoms with Crippen LogP contribution in [0, 0.1) is 0 Å². The Balaban J connectivity index is 1.59. The Morgan fingerprint density at radius 3 is 2.83 bits per heavy atom. The van der Waals surface area contributed by atoms with Crippen LogP contribution in [0.5, 0.6) is 0 Å². The Kier molecular flexibility index (Phi) is 5.01. The van der Waals surface area contributed by atoms with E-state index in [1.807, 2.05) is 61.7 Å². The molecule has 0 aliphatic rings. The van der Waals surface area contributed by atoms with Gasteiger partial charge in [-0.25, -0.2) is 4.68 Å². The average Bonchev–Trinajstić information content (AvgIpc) is 3.16. The van der Waals surface area contributed by atoms with Crippen LogP contribution in [0.1, 0.15) is 30.6 Å². The molecule has 0 aliphatic carbocycles. The highest BCUT2D eigenvalue weighted by Crippen LogP contribution is 2.16. The number of carbonyl (C=O) groups is 1. The minimum atomic E-state index is -0.0586. The molecule has 0 radical (unpaired) electrons. The quantitative estimate of drug-likeness (QED) is 0.759. The summed E-state index contributed by atoms with van der Waals surface area (Å²) < 4.78 is 1.80. The van der Waals surface area contributed by atoms with Crippen molar-refractivity contribution in [1.29, 1.82) is 0 Å². The summed E-state index contributed by atoms with van der Waals surface area (Å²) in [5.41, 5.74) is 2.96. The molecular weight excluding hydrogens is 300 g/mol. The molecule has 0 saturated carbocycles. The van der Waals surface area contributed by atoms with Crippen LogP contribution < -0.4 is 5.32 Å². The monoisotopic (exact) mass is 320 g/mol. The van der Waals surface area contributed by atoms with Gasteiger partial charge in [-0.3, -0.25) is 9.78 Å². The first kappa shape index (κ1) is 15.9. The van der Waals surface area contributed by atoms with Crippen molar-refractivity contribution in [3.63, 3.8) is 0 Å². The Hall–Kier alpha value is -2.95. The maximum absolute atomic E-state index is 12.2. The van der Waals surface area contributed by atoms with Gasteiger partial charge in [0.1, 0.15) is 0 Å². The summed E-state index contributed by atoms with van der Waals surface area (Å²) in [7, 11) is 0. The lowest BCUT2D eigenvalue weighted by Gasteiger charge is -2.15. The van der Waals surface area contributed by atoms with E-state index in [1.54, 1.807) is 17.1 Å². The maximum atomic E-state index is 12.2. The second kappa shape index (κ2) is 7.55. The van der Waals surface area contributed by atoms with Crippen molar-refractivity contribution in [2.24, 2.45) is 0 Å². The number of hydrogen-bond donors (Lipinski definition) is 1. The zero-order valence-electron chi connectivity index (χ0n) is 13.6. The van der Waals surface area contributed by atoms with Gasteiger partial charge in [-0.1, -0.05) is 18.2 Å². The van der Waals surface area contributed by atoms with Gasteiger partial charge in [0.15, 0.2) is 0 Å². The first-order valence-electron chi connectivity index (χ1n) is 8.01. The number of aromatic nitrogens is 3. The van der Waals surface area contributed by atoms with Crippen LogP contribution in [0.2, 0.25) is 0 Å². The second-order valence-corrected chi connectivity index (χ2v) is 5.66. The molecule has 24 heavy (non-hydrogen) atoms. The normalized spacial score (nSPS) is 11.9. The van der Waals surface area contributed by atoms with E-state index in [0.717, 1.165) is 16.9 Å². The molecule has 0 aliphatic heterocycles. The molecule has 1 N–H and O–H groups in total. The van der Waals surface area contributed by atoms with E-state index >= 15 is 0 Å². The van der Waals surface area contributed by atoms with Gasteiger partial charge in [-0.2, -0.15) is 5.10 Å². The van der Waals surface area contributed by atoms with Crippen molar-refractivity contribution >= 4 is 5.91 Å². The van der Waals surface area contributed by atoms with Gasteiger partial charge in [0.05, 0.1) is 11.7 Å². The van der Waals surface area contributed by atoms with Crippen LogP contribution in [0.25, 0.3) is 5.69 Å². The number of hydrogen-bond acceptors (Lipinski definition) is 3. The fraction of sp³-hybridized carbons (Fsp3) is 0.211. The summed E-state index contributed by atoms with van der Waals surface area (Å²) in [4.78, 5) is 16.4. The SMILES string of the molecule is C[C@@H](NC(=O)CCc1ccccn1)c1cccc(-n2cccn2)c1. The fourth-order valence-electron chi connectivity index (χ4n) is 2.54. The van der Waals surface area contributed by atoms with Gasteiger partial charge >= 0.3 is 0 Å². The zero-order valence-corrected chi connectivity index (χ0v) is 13.6. The van der Waals surface area contributed by atoms with Gasteiger partial charge in [-0.05, 0) is 49.2 Å². The molecule has 122 valence electrons. The number of pyridine rings is 1. The molecule has 0 spiro atoms. The summed E-state index contributed by atoms with van der Waals surface area (Å²) in [6, 6.07) is 15.6. The van der Waals surface area contributed by atoms with Crippen LogP contribution in [-0.4, -0.2) is 20.7 Å². The largest absolute Gasteiger partial charge is 0.350 e. The van der Waals surface area contributed by atoms with Crippen molar-refractivity contribution in [3.8, 4) is 5.69 Å². The number of amides is 1. The zero-order chi connectivity index (χ0) is 16.8. The van der Waals surface area contributed by atoms with Gasteiger partial charge in [0, 0.05) is 30.7 Å². The molecule has 5 nitrogen and oxygen atoms in total. The fourth-order valence-corrected chi connectivity index (χ4v) is 2.54. The number of aryl methyl sites for hydroxylation is 1. The van der Waals surface area contributed by atoms with Crippen molar-refractivity contribution in [2.45, 2.75) is 25.8 Å². The molecule has 2 heterocycles. The molecule has 0 fully saturated rings. The molecule has 3 aromatic rings. The topological polar surface area (TPSA) is 59.8 Å². The Morgan fingerprint density at radius 1 is 1.17 bits per heavy atom.